The summed E-state index contributed by atoms with van der Waals surface area (Å²) in [6.07, 6.45) is 0. The Labute approximate surface area is 158 Å². The third-order valence-corrected chi connectivity index (χ3v) is 5.27. The van der Waals surface area contributed by atoms with E-state index in [0.29, 0.717) is 22.5 Å². The molecule has 5 N–H and O–H groups in total. The van der Waals surface area contributed by atoms with Crippen molar-refractivity contribution in [3.05, 3.63) is 45.1 Å². The number of primary amides is 2. The van der Waals surface area contributed by atoms with Crippen molar-refractivity contribution in [2.75, 3.05) is 6.61 Å². The molecular weight excluding hydrogens is 370 g/mol. The van der Waals surface area contributed by atoms with Crippen LogP contribution in [0, 0.1) is 13.8 Å². The van der Waals surface area contributed by atoms with Gasteiger partial charge in [-0.15, -0.1) is 11.3 Å². The first-order valence-electron chi connectivity index (χ1n) is 8.12. The van der Waals surface area contributed by atoms with E-state index in [0.717, 1.165) is 10.6 Å². The highest BCUT2D eigenvalue weighted by Gasteiger charge is 2.29. The van der Waals surface area contributed by atoms with E-state index in [1.54, 1.807) is 24.6 Å². The Hall–Kier alpha value is -2.91. The molecule has 27 heavy (non-hydrogen) atoms. The van der Waals surface area contributed by atoms with Gasteiger partial charge in [-0.1, -0.05) is 0 Å². The molecule has 9 heteroatoms. The molecule has 0 fully saturated rings. The molecule has 0 bridgehead atoms. The van der Waals surface area contributed by atoms with Gasteiger partial charge in [0.15, 0.2) is 0 Å². The number of nitrogens with two attached hydrogens (primary N) is 2. The summed E-state index contributed by atoms with van der Waals surface area (Å²) in [5.74, 6) is -1.91. The number of aliphatic hydroxyl groups is 1. The quantitative estimate of drug-likeness (QED) is 0.562. The van der Waals surface area contributed by atoms with E-state index in [2.05, 4.69) is 4.98 Å². The average Bonchev–Trinajstić information content (AvgIpc) is 3.16. The van der Waals surface area contributed by atoms with Crippen molar-refractivity contribution >= 4 is 34.1 Å². The highest BCUT2D eigenvalue weighted by Crippen LogP contribution is 2.39. The van der Waals surface area contributed by atoms with Crippen LogP contribution in [0.3, 0.4) is 0 Å². The van der Waals surface area contributed by atoms with Crippen molar-refractivity contribution in [1.82, 2.24) is 4.98 Å². The number of hydrogen-bond acceptors (Lipinski definition) is 7. The Morgan fingerprint density at radius 2 is 2.07 bits per heavy atom. The zero-order valence-corrected chi connectivity index (χ0v) is 15.6. The molecule has 1 unspecified atom stereocenters. The summed E-state index contributed by atoms with van der Waals surface area (Å²) in [5.41, 5.74) is 14.3. The van der Waals surface area contributed by atoms with Crippen molar-refractivity contribution in [2.24, 2.45) is 11.5 Å². The van der Waals surface area contributed by atoms with Gasteiger partial charge in [0.05, 0.1) is 34.2 Å². The molecule has 8 nitrogen and oxygen atoms in total. The summed E-state index contributed by atoms with van der Waals surface area (Å²) >= 11 is 1.44. The number of hydrogen-bond donors (Lipinski definition) is 3. The van der Waals surface area contributed by atoms with E-state index in [4.69, 9.17) is 20.6 Å². The molecule has 0 aliphatic rings. The molecule has 1 aromatic carbocycles. The molecule has 0 aliphatic heterocycles. The van der Waals surface area contributed by atoms with E-state index < -0.39 is 24.3 Å². The lowest BCUT2D eigenvalue weighted by Gasteiger charge is -2.18. The van der Waals surface area contributed by atoms with Crippen molar-refractivity contribution in [3.8, 4) is 5.75 Å². The van der Waals surface area contributed by atoms with Gasteiger partial charge in [-0.2, -0.15) is 0 Å². The predicted octanol–water partition coefficient (Wildman–Crippen LogP) is 1.75. The number of thiazole rings is 1. The molecule has 142 valence electrons. The van der Waals surface area contributed by atoms with Gasteiger partial charge in [0.25, 0.3) is 5.91 Å². The lowest BCUT2D eigenvalue weighted by Crippen LogP contribution is -2.25. The zero-order chi connectivity index (χ0) is 19.7. The fourth-order valence-corrected chi connectivity index (χ4v) is 3.70. The minimum atomic E-state index is -1.08. The van der Waals surface area contributed by atoms with Crippen LogP contribution in [0.15, 0.2) is 22.1 Å². The third kappa shape index (κ3) is 3.38. The van der Waals surface area contributed by atoms with Crippen LogP contribution in [-0.4, -0.2) is 28.5 Å². The molecule has 0 saturated carbocycles. The molecule has 0 radical (unpaired) electrons. The summed E-state index contributed by atoms with van der Waals surface area (Å²) in [6.45, 7) is 3.13. The van der Waals surface area contributed by atoms with Crippen LogP contribution in [0.1, 0.15) is 38.2 Å². The van der Waals surface area contributed by atoms with Gasteiger partial charge in [-0.05, 0) is 26.0 Å². The molecule has 0 aliphatic carbocycles. The SMILES string of the molecule is Cc1ncsc1COc1ccc2oc(C)c(C(N)=O)c2c1C(CO)C(N)=O. The fourth-order valence-electron chi connectivity index (χ4n) is 3.02. The lowest BCUT2D eigenvalue weighted by atomic mass is 9.92. The molecule has 0 saturated heterocycles. The van der Waals surface area contributed by atoms with Gasteiger partial charge in [0.2, 0.25) is 5.91 Å². The largest absolute Gasteiger partial charge is 0.488 e. The first kappa shape index (κ1) is 18.9. The normalized spacial score (nSPS) is 12.3. The Morgan fingerprint density at radius 1 is 1.33 bits per heavy atom. The summed E-state index contributed by atoms with van der Waals surface area (Å²) in [6, 6.07) is 3.25. The van der Waals surface area contributed by atoms with Crippen molar-refractivity contribution in [1.29, 1.82) is 0 Å². The summed E-state index contributed by atoms with van der Waals surface area (Å²) < 4.78 is 11.5. The molecule has 3 aromatic rings. The van der Waals surface area contributed by atoms with Crippen LogP contribution in [0.2, 0.25) is 0 Å². The number of ether oxygens (including phenoxy) is 1. The van der Waals surface area contributed by atoms with Gasteiger partial charge in [0, 0.05) is 10.9 Å². The zero-order valence-electron chi connectivity index (χ0n) is 14.8. The monoisotopic (exact) mass is 389 g/mol. The number of aliphatic hydroxyl groups excluding tert-OH is 1. The number of nitrogens with zero attached hydrogens (tertiary/aromatic N) is 1. The number of fused-ring (bicyclic) bond motifs is 1. The highest BCUT2D eigenvalue weighted by atomic mass is 32.1. The Balaban J connectivity index is 2.20. The van der Waals surface area contributed by atoms with E-state index in [1.807, 2.05) is 6.92 Å². The maximum absolute atomic E-state index is 12.0. The minimum absolute atomic E-state index is 0.138. The van der Waals surface area contributed by atoms with Crippen LogP contribution in [-0.2, 0) is 11.4 Å². The number of aromatic nitrogens is 1. The molecule has 1 atom stereocenters. The van der Waals surface area contributed by atoms with E-state index in [-0.39, 0.29) is 17.7 Å². The number of carbonyl (C=O) groups is 2. The molecule has 0 spiro atoms. The number of carbonyl (C=O) groups excluding carboxylic acids is 2. The number of amides is 2. The van der Waals surface area contributed by atoms with Gasteiger partial charge in [0.1, 0.15) is 23.7 Å². The smallest absolute Gasteiger partial charge is 0.252 e. The Bertz CT molecular complexity index is 1020. The lowest BCUT2D eigenvalue weighted by molar-refractivity contribution is -0.120. The number of furan rings is 1. The van der Waals surface area contributed by atoms with Gasteiger partial charge in [-0.3, -0.25) is 9.59 Å². The fraction of sp³-hybridized carbons (Fsp3) is 0.278. The first-order chi connectivity index (χ1) is 12.8. The van der Waals surface area contributed by atoms with Crippen LogP contribution < -0.4 is 16.2 Å². The molecular formula is C18H19N3O5S. The van der Waals surface area contributed by atoms with Crippen molar-refractivity contribution in [3.63, 3.8) is 0 Å². The highest BCUT2D eigenvalue weighted by molar-refractivity contribution is 7.09. The standard InChI is InChI=1S/C18H19N3O5S/c1-8-13(27-7-21-8)6-25-11-3-4-12-16(14(18(20)24)9(2)26-12)15(11)10(5-22)17(19)23/h3-4,7,10,22H,5-6H2,1-2H3,(H2,19,23)(H2,20,24). The first-order valence-corrected chi connectivity index (χ1v) is 9.00. The second-order valence-electron chi connectivity index (χ2n) is 6.04. The second kappa shape index (κ2) is 7.37. The summed E-state index contributed by atoms with van der Waals surface area (Å²) in [5, 5.41) is 10.1. The van der Waals surface area contributed by atoms with Crippen LogP contribution in [0.5, 0.6) is 5.75 Å². The Morgan fingerprint density at radius 3 is 2.63 bits per heavy atom. The molecule has 2 amide bonds. The molecule has 3 rings (SSSR count). The summed E-state index contributed by atoms with van der Waals surface area (Å²) in [4.78, 5) is 29.0. The maximum Gasteiger partial charge on any atom is 0.252 e. The number of rotatable bonds is 7. The topological polar surface area (TPSA) is 142 Å². The van der Waals surface area contributed by atoms with Gasteiger partial charge < -0.3 is 25.7 Å². The van der Waals surface area contributed by atoms with Gasteiger partial charge in [-0.25, -0.2) is 4.98 Å². The minimum Gasteiger partial charge on any atom is -0.488 e. The average molecular weight is 389 g/mol. The van der Waals surface area contributed by atoms with E-state index in [9.17, 15) is 14.7 Å². The van der Waals surface area contributed by atoms with Crippen LogP contribution in [0.4, 0.5) is 0 Å². The maximum atomic E-state index is 12.0. The van der Waals surface area contributed by atoms with Crippen LogP contribution in [0.25, 0.3) is 11.0 Å². The van der Waals surface area contributed by atoms with E-state index >= 15 is 0 Å². The van der Waals surface area contributed by atoms with Crippen molar-refractivity contribution in [2.45, 2.75) is 26.4 Å². The van der Waals surface area contributed by atoms with Gasteiger partial charge >= 0.3 is 0 Å². The molecule has 2 aromatic heterocycles. The molecule has 2 heterocycles. The second-order valence-corrected chi connectivity index (χ2v) is 6.97. The predicted molar refractivity (Wildman–Crippen MR) is 99.7 cm³/mol. The third-order valence-electron chi connectivity index (χ3n) is 4.36. The summed E-state index contributed by atoms with van der Waals surface area (Å²) in [7, 11) is 0. The Kier molecular flexibility index (Phi) is 5.15. The van der Waals surface area contributed by atoms with Crippen molar-refractivity contribution < 1.29 is 23.8 Å². The van der Waals surface area contributed by atoms with E-state index in [1.165, 1.54) is 11.3 Å². The van der Waals surface area contributed by atoms with Crippen LogP contribution >= 0.6 is 11.3 Å². The number of benzene rings is 1. The number of aryl methyl sites for hydroxylation is 2.